The van der Waals surface area contributed by atoms with Crippen molar-refractivity contribution in [2.24, 2.45) is 0 Å². The van der Waals surface area contributed by atoms with Crippen molar-refractivity contribution >= 4 is 23.0 Å². The summed E-state index contributed by atoms with van der Waals surface area (Å²) in [4.78, 5) is 19.5. The van der Waals surface area contributed by atoms with Crippen LogP contribution < -0.4 is 15.4 Å². The molecule has 0 aliphatic carbocycles. The Kier molecular flexibility index (Phi) is 14.2. The van der Waals surface area contributed by atoms with Crippen LogP contribution in [0, 0.1) is 10.1 Å². The van der Waals surface area contributed by atoms with Gasteiger partial charge in [0.2, 0.25) is 11.6 Å². The molecule has 0 aliphatic rings. The summed E-state index contributed by atoms with van der Waals surface area (Å²) in [5.41, 5.74) is 0.504. The number of unbranched alkanes of at least 4 members (excludes halogenated alkanes) is 13. The quantitative estimate of drug-likeness (QED) is 0.111. The van der Waals surface area contributed by atoms with Crippen LogP contribution in [0.25, 0.3) is 0 Å². The molecule has 8 heteroatoms. The van der Waals surface area contributed by atoms with Crippen LogP contribution in [0.1, 0.15) is 96.8 Å². The predicted octanol–water partition coefficient (Wildman–Crippen LogP) is 8.03. The van der Waals surface area contributed by atoms with Gasteiger partial charge in [0.25, 0.3) is 0 Å². The van der Waals surface area contributed by atoms with E-state index in [1.54, 1.807) is 19.2 Å². The van der Waals surface area contributed by atoms with Gasteiger partial charge in [0, 0.05) is 18.3 Å². The van der Waals surface area contributed by atoms with Gasteiger partial charge in [-0.3, -0.25) is 10.1 Å². The molecule has 8 nitrogen and oxygen atoms in total. The number of nitrogens with zero attached hydrogens (tertiary/aromatic N) is 3. The van der Waals surface area contributed by atoms with E-state index in [2.05, 4.69) is 27.5 Å². The molecule has 0 saturated heterocycles. The second kappa shape index (κ2) is 17.5. The summed E-state index contributed by atoms with van der Waals surface area (Å²) in [6.07, 6.45) is 19.5. The van der Waals surface area contributed by atoms with Gasteiger partial charge in [-0.1, -0.05) is 96.5 Å². The molecule has 2 N–H and O–H groups in total. The zero-order chi connectivity index (χ0) is 25.1. The Hall–Kier alpha value is -2.90. The van der Waals surface area contributed by atoms with Crippen molar-refractivity contribution in [2.45, 2.75) is 96.8 Å². The van der Waals surface area contributed by atoms with Crippen LogP contribution in [-0.2, 0) is 0 Å². The second-order valence-corrected chi connectivity index (χ2v) is 9.06. The Morgan fingerprint density at radius 2 is 1.43 bits per heavy atom. The lowest BCUT2D eigenvalue weighted by Crippen LogP contribution is -2.09. The smallest absolute Gasteiger partial charge is 0.353 e. The standard InChI is InChI=1S/C27H43N5O3/c1-3-4-5-6-7-8-9-10-11-12-13-14-15-16-20-28-26-25(32(33)34)27(30-22-29-26)31-23-18-17-19-24(21-23)35-2/h17-19,21-22H,3-16,20H2,1-2H3,(H2,28,29,30,31). The van der Waals surface area contributed by atoms with E-state index in [4.69, 9.17) is 4.74 Å². The first-order valence-electron chi connectivity index (χ1n) is 13.3. The number of aromatic nitrogens is 2. The number of rotatable bonds is 20. The molecule has 1 heterocycles. The molecule has 35 heavy (non-hydrogen) atoms. The minimum atomic E-state index is -0.448. The molecule has 0 amide bonds. The molecule has 0 spiro atoms. The molecular weight excluding hydrogens is 442 g/mol. The molecule has 0 aliphatic heterocycles. The highest BCUT2D eigenvalue weighted by Crippen LogP contribution is 2.32. The molecule has 1 aromatic carbocycles. The highest BCUT2D eigenvalue weighted by atomic mass is 16.6. The van der Waals surface area contributed by atoms with Crippen LogP contribution in [0.15, 0.2) is 30.6 Å². The van der Waals surface area contributed by atoms with Crippen LogP contribution in [0.2, 0.25) is 0 Å². The Morgan fingerprint density at radius 1 is 0.857 bits per heavy atom. The Balaban J connectivity index is 1.64. The maximum atomic E-state index is 11.7. The highest BCUT2D eigenvalue weighted by Gasteiger charge is 2.23. The van der Waals surface area contributed by atoms with Crippen LogP contribution >= 0.6 is 0 Å². The predicted molar refractivity (Wildman–Crippen MR) is 144 cm³/mol. The molecule has 2 rings (SSSR count). The molecule has 1 aromatic heterocycles. The summed E-state index contributed by atoms with van der Waals surface area (Å²) in [6, 6.07) is 7.18. The van der Waals surface area contributed by atoms with Gasteiger partial charge in [0.1, 0.15) is 12.1 Å². The SMILES string of the molecule is CCCCCCCCCCCCCCCCNc1ncnc(Nc2cccc(OC)c2)c1[N+](=O)[O-]. The number of ether oxygens (including phenoxy) is 1. The first-order chi connectivity index (χ1) is 17.2. The summed E-state index contributed by atoms with van der Waals surface area (Å²) >= 11 is 0. The third-order valence-electron chi connectivity index (χ3n) is 6.16. The van der Waals surface area contributed by atoms with E-state index < -0.39 is 4.92 Å². The molecule has 0 bridgehead atoms. The van der Waals surface area contributed by atoms with Crippen molar-refractivity contribution in [2.75, 3.05) is 24.3 Å². The Labute approximate surface area is 210 Å². The molecule has 0 atom stereocenters. The van der Waals surface area contributed by atoms with Gasteiger partial charge in [-0.25, -0.2) is 9.97 Å². The van der Waals surface area contributed by atoms with E-state index in [0.717, 1.165) is 12.8 Å². The van der Waals surface area contributed by atoms with Crippen molar-refractivity contribution in [1.82, 2.24) is 9.97 Å². The zero-order valence-corrected chi connectivity index (χ0v) is 21.6. The molecule has 194 valence electrons. The minimum Gasteiger partial charge on any atom is -0.497 e. The zero-order valence-electron chi connectivity index (χ0n) is 21.6. The number of nitrogens with one attached hydrogen (secondary N) is 2. The minimum absolute atomic E-state index is 0.152. The first-order valence-corrected chi connectivity index (χ1v) is 13.3. The van der Waals surface area contributed by atoms with E-state index in [1.807, 2.05) is 12.1 Å². The largest absolute Gasteiger partial charge is 0.497 e. The van der Waals surface area contributed by atoms with Crippen molar-refractivity contribution in [3.63, 3.8) is 0 Å². The average Bonchev–Trinajstić information content (AvgIpc) is 2.86. The lowest BCUT2D eigenvalue weighted by molar-refractivity contribution is -0.383. The topological polar surface area (TPSA) is 102 Å². The summed E-state index contributed by atoms with van der Waals surface area (Å²) in [5.74, 6) is 1.05. The van der Waals surface area contributed by atoms with E-state index in [1.165, 1.54) is 83.4 Å². The third kappa shape index (κ3) is 11.4. The van der Waals surface area contributed by atoms with Crippen LogP contribution in [0.3, 0.4) is 0 Å². The fourth-order valence-electron chi connectivity index (χ4n) is 4.14. The molecule has 0 unspecified atom stereocenters. The molecule has 0 saturated carbocycles. The first kappa shape index (κ1) is 28.3. The van der Waals surface area contributed by atoms with Gasteiger partial charge in [0.05, 0.1) is 12.0 Å². The highest BCUT2D eigenvalue weighted by molar-refractivity contribution is 5.74. The lowest BCUT2D eigenvalue weighted by atomic mass is 10.0. The van der Waals surface area contributed by atoms with Gasteiger partial charge in [-0.15, -0.1) is 0 Å². The lowest BCUT2D eigenvalue weighted by Gasteiger charge is -2.11. The molecule has 0 fully saturated rings. The van der Waals surface area contributed by atoms with Crippen LogP contribution in [-0.4, -0.2) is 28.5 Å². The Bertz CT molecular complexity index is 862. The van der Waals surface area contributed by atoms with Crippen LogP contribution in [0.5, 0.6) is 5.75 Å². The maximum absolute atomic E-state index is 11.7. The summed E-state index contributed by atoms with van der Waals surface area (Å²) in [6.45, 7) is 2.91. The number of anilines is 3. The van der Waals surface area contributed by atoms with Gasteiger partial charge in [-0.2, -0.15) is 0 Å². The van der Waals surface area contributed by atoms with E-state index >= 15 is 0 Å². The molecule has 2 aromatic rings. The molecule has 0 radical (unpaired) electrons. The average molecular weight is 486 g/mol. The van der Waals surface area contributed by atoms with E-state index in [-0.39, 0.29) is 17.3 Å². The summed E-state index contributed by atoms with van der Waals surface area (Å²) in [7, 11) is 1.57. The fraction of sp³-hybridized carbons (Fsp3) is 0.630. The number of hydrogen-bond acceptors (Lipinski definition) is 7. The van der Waals surface area contributed by atoms with Crippen LogP contribution in [0.4, 0.5) is 23.0 Å². The molecular formula is C27H43N5O3. The van der Waals surface area contributed by atoms with Crippen molar-refractivity contribution in [1.29, 1.82) is 0 Å². The van der Waals surface area contributed by atoms with Crippen molar-refractivity contribution in [3.8, 4) is 5.75 Å². The monoisotopic (exact) mass is 485 g/mol. The summed E-state index contributed by atoms with van der Waals surface area (Å²) < 4.78 is 5.21. The third-order valence-corrected chi connectivity index (χ3v) is 6.16. The second-order valence-electron chi connectivity index (χ2n) is 9.06. The number of hydrogen-bond donors (Lipinski definition) is 2. The normalized spacial score (nSPS) is 10.8. The number of benzene rings is 1. The van der Waals surface area contributed by atoms with E-state index in [9.17, 15) is 10.1 Å². The number of methoxy groups -OCH3 is 1. The van der Waals surface area contributed by atoms with Crippen molar-refractivity contribution < 1.29 is 9.66 Å². The Morgan fingerprint density at radius 3 is 2.00 bits per heavy atom. The van der Waals surface area contributed by atoms with Gasteiger partial charge < -0.3 is 15.4 Å². The summed E-state index contributed by atoms with van der Waals surface area (Å²) in [5, 5.41) is 17.9. The van der Waals surface area contributed by atoms with Crippen molar-refractivity contribution in [3.05, 3.63) is 40.7 Å². The maximum Gasteiger partial charge on any atom is 0.353 e. The van der Waals surface area contributed by atoms with Gasteiger partial charge >= 0.3 is 5.69 Å². The number of nitro groups is 1. The van der Waals surface area contributed by atoms with Gasteiger partial charge in [-0.05, 0) is 18.6 Å². The van der Waals surface area contributed by atoms with Gasteiger partial charge in [0.15, 0.2) is 0 Å². The van der Waals surface area contributed by atoms with E-state index in [0.29, 0.717) is 18.0 Å². The fourth-order valence-corrected chi connectivity index (χ4v) is 4.14.